The molecule has 2 N–H and O–H groups in total. The van der Waals surface area contributed by atoms with E-state index >= 15 is 0 Å². The number of aromatic amines is 1. The van der Waals surface area contributed by atoms with Gasteiger partial charge in [-0.1, -0.05) is 19.9 Å². The summed E-state index contributed by atoms with van der Waals surface area (Å²) in [5, 5.41) is 15.5. The highest BCUT2D eigenvalue weighted by molar-refractivity contribution is 7.92. The van der Waals surface area contributed by atoms with Gasteiger partial charge in [-0.15, -0.1) is 0 Å². The van der Waals surface area contributed by atoms with Gasteiger partial charge in [0.1, 0.15) is 0 Å². The van der Waals surface area contributed by atoms with E-state index in [-0.39, 0.29) is 22.2 Å². The van der Waals surface area contributed by atoms with Crippen LogP contribution in [0.1, 0.15) is 31.0 Å². The van der Waals surface area contributed by atoms with E-state index in [0.717, 1.165) is 5.69 Å². The third kappa shape index (κ3) is 2.97. The average Bonchev–Trinajstić information content (AvgIpc) is 2.87. The van der Waals surface area contributed by atoms with Crippen LogP contribution < -0.4 is 4.72 Å². The number of anilines is 1. The molecule has 0 fully saturated rings. The molecule has 0 atom stereocenters. The smallest absolute Gasteiger partial charge is 0.263 e. The first-order valence-corrected chi connectivity index (χ1v) is 7.49. The Morgan fingerprint density at radius 1 is 1.35 bits per heavy atom. The van der Waals surface area contributed by atoms with Gasteiger partial charge in [-0.25, -0.2) is 8.42 Å². The molecule has 6 nitrogen and oxygen atoms in total. The van der Waals surface area contributed by atoms with Crippen molar-refractivity contribution >= 4 is 15.8 Å². The Labute approximate surface area is 117 Å². The van der Waals surface area contributed by atoms with Crippen molar-refractivity contribution in [3.63, 3.8) is 0 Å². The number of aromatic nitrogens is 2. The molecule has 0 saturated carbocycles. The summed E-state index contributed by atoms with van der Waals surface area (Å²) in [6.07, 6.45) is 0. The van der Waals surface area contributed by atoms with E-state index in [1.54, 1.807) is 12.1 Å². The average molecular weight is 290 g/mol. The van der Waals surface area contributed by atoms with Gasteiger partial charge < -0.3 is 0 Å². The van der Waals surface area contributed by atoms with Crippen LogP contribution in [0.4, 0.5) is 5.82 Å². The predicted molar refractivity (Wildman–Crippen MR) is 74.6 cm³/mol. The largest absolute Gasteiger partial charge is 0.280 e. The van der Waals surface area contributed by atoms with Gasteiger partial charge in [0.05, 0.1) is 16.5 Å². The van der Waals surface area contributed by atoms with Gasteiger partial charge in [0.15, 0.2) is 5.82 Å². The van der Waals surface area contributed by atoms with Crippen LogP contribution in [0.5, 0.6) is 0 Å². The van der Waals surface area contributed by atoms with Gasteiger partial charge >= 0.3 is 0 Å². The number of nitrogens with one attached hydrogen (secondary N) is 2. The second-order valence-electron chi connectivity index (χ2n) is 4.61. The Morgan fingerprint density at radius 2 is 2.10 bits per heavy atom. The summed E-state index contributed by atoms with van der Waals surface area (Å²) in [5.74, 6) is 0.457. The molecule has 1 aromatic carbocycles. The lowest BCUT2D eigenvalue weighted by Gasteiger charge is -2.05. The number of hydrogen-bond donors (Lipinski definition) is 2. The van der Waals surface area contributed by atoms with Gasteiger partial charge in [-0.05, 0) is 24.1 Å². The summed E-state index contributed by atoms with van der Waals surface area (Å²) in [6.45, 7) is 3.95. The maximum Gasteiger partial charge on any atom is 0.263 e. The maximum absolute atomic E-state index is 12.2. The Bertz CT molecular complexity index is 757. The number of hydrogen-bond acceptors (Lipinski definition) is 4. The summed E-state index contributed by atoms with van der Waals surface area (Å²) in [4.78, 5) is 0.0330. The first kappa shape index (κ1) is 14.1. The van der Waals surface area contributed by atoms with Gasteiger partial charge in [-0.3, -0.25) is 9.82 Å². The lowest BCUT2D eigenvalue weighted by molar-refractivity contribution is 0.601. The van der Waals surface area contributed by atoms with Gasteiger partial charge in [0.2, 0.25) is 0 Å². The molecule has 0 spiro atoms. The normalized spacial score (nSPS) is 11.3. The van der Waals surface area contributed by atoms with Crippen LogP contribution in [0, 0.1) is 11.3 Å². The molecule has 0 aliphatic carbocycles. The Hall–Kier alpha value is -2.33. The molecule has 0 bridgehead atoms. The number of nitrogens with zero attached hydrogens (tertiary/aromatic N) is 2. The second kappa shape index (κ2) is 5.35. The minimum Gasteiger partial charge on any atom is -0.280 e. The summed E-state index contributed by atoms with van der Waals surface area (Å²) in [5.41, 5.74) is 1.13. The molecule has 0 aliphatic heterocycles. The summed E-state index contributed by atoms with van der Waals surface area (Å²) >= 11 is 0. The van der Waals surface area contributed by atoms with Gasteiger partial charge in [0.25, 0.3) is 10.0 Å². The number of rotatable bonds is 4. The van der Waals surface area contributed by atoms with E-state index in [2.05, 4.69) is 14.9 Å². The molecule has 0 radical (unpaired) electrons. The molecule has 2 aromatic rings. The predicted octanol–water partition coefficient (Wildman–Crippen LogP) is 2.21. The first-order chi connectivity index (χ1) is 9.42. The van der Waals surface area contributed by atoms with Crippen LogP contribution in [0.15, 0.2) is 35.2 Å². The zero-order chi connectivity index (χ0) is 14.8. The molecular weight excluding hydrogens is 276 g/mol. The monoisotopic (exact) mass is 290 g/mol. The van der Waals surface area contributed by atoms with Gasteiger partial charge in [-0.2, -0.15) is 10.4 Å². The van der Waals surface area contributed by atoms with Crippen molar-refractivity contribution < 1.29 is 8.42 Å². The maximum atomic E-state index is 12.2. The minimum absolute atomic E-state index is 0.0330. The van der Waals surface area contributed by atoms with Crippen molar-refractivity contribution in [2.24, 2.45) is 0 Å². The van der Waals surface area contributed by atoms with Crippen molar-refractivity contribution in [1.82, 2.24) is 10.2 Å². The van der Waals surface area contributed by atoms with Crippen molar-refractivity contribution in [2.75, 3.05) is 4.72 Å². The fourth-order valence-electron chi connectivity index (χ4n) is 1.61. The van der Waals surface area contributed by atoms with Crippen molar-refractivity contribution in [3.05, 3.63) is 41.6 Å². The quantitative estimate of drug-likeness (QED) is 0.901. The molecular formula is C13H14N4O2S. The third-order valence-corrected chi connectivity index (χ3v) is 4.08. The zero-order valence-electron chi connectivity index (χ0n) is 11.1. The molecule has 0 saturated heterocycles. The molecule has 0 aliphatic rings. The molecule has 2 rings (SSSR count). The lowest BCUT2D eigenvalue weighted by atomic mass is 10.1. The standard InChI is InChI=1S/C13H14N4O2S/c1-9(2)12-7-13(16-15-12)17-20(18,19)11-5-3-4-10(6-11)8-14/h3-7,9H,1-2H3,(H2,15,16,17). The summed E-state index contributed by atoms with van der Waals surface area (Å²) in [7, 11) is -3.74. The first-order valence-electron chi connectivity index (χ1n) is 6.00. The van der Waals surface area contributed by atoms with Crippen LogP contribution in [0.2, 0.25) is 0 Å². The van der Waals surface area contributed by atoms with E-state index < -0.39 is 10.0 Å². The minimum atomic E-state index is -3.74. The Morgan fingerprint density at radius 3 is 2.70 bits per heavy atom. The molecule has 20 heavy (non-hydrogen) atoms. The van der Waals surface area contributed by atoms with E-state index in [4.69, 9.17) is 5.26 Å². The number of benzene rings is 1. The SMILES string of the molecule is CC(C)c1cc(NS(=O)(=O)c2cccc(C#N)c2)n[nH]1. The van der Waals surface area contributed by atoms with Crippen molar-refractivity contribution in [2.45, 2.75) is 24.7 Å². The van der Waals surface area contributed by atoms with Crippen molar-refractivity contribution in [3.8, 4) is 6.07 Å². The van der Waals surface area contributed by atoms with E-state index in [9.17, 15) is 8.42 Å². The molecule has 0 amide bonds. The molecule has 104 valence electrons. The molecule has 1 heterocycles. The molecule has 1 aromatic heterocycles. The highest BCUT2D eigenvalue weighted by atomic mass is 32.2. The number of nitriles is 1. The Kier molecular flexibility index (Phi) is 3.77. The second-order valence-corrected chi connectivity index (χ2v) is 6.29. The fraction of sp³-hybridized carbons (Fsp3) is 0.231. The lowest BCUT2D eigenvalue weighted by Crippen LogP contribution is -2.13. The van der Waals surface area contributed by atoms with Gasteiger partial charge in [0, 0.05) is 11.8 Å². The highest BCUT2D eigenvalue weighted by Crippen LogP contribution is 2.19. The van der Waals surface area contributed by atoms with Crippen molar-refractivity contribution in [1.29, 1.82) is 5.26 Å². The van der Waals surface area contributed by atoms with Crippen LogP contribution in [-0.2, 0) is 10.0 Å². The molecule has 0 unspecified atom stereocenters. The van der Waals surface area contributed by atoms with E-state index in [1.165, 1.54) is 18.2 Å². The van der Waals surface area contributed by atoms with Crippen LogP contribution in [0.25, 0.3) is 0 Å². The topological polar surface area (TPSA) is 98.6 Å². The Balaban J connectivity index is 2.28. The highest BCUT2D eigenvalue weighted by Gasteiger charge is 2.16. The number of H-pyrrole nitrogens is 1. The van der Waals surface area contributed by atoms with Crippen LogP contribution in [0.3, 0.4) is 0 Å². The summed E-state index contributed by atoms with van der Waals surface area (Å²) in [6, 6.07) is 9.38. The molecule has 7 heteroatoms. The van der Waals surface area contributed by atoms with E-state index in [1.807, 2.05) is 19.9 Å². The fourth-order valence-corrected chi connectivity index (χ4v) is 2.65. The number of sulfonamides is 1. The van der Waals surface area contributed by atoms with Crippen LogP contribution >= 0.6 is 0 Å². The van der Waals surface area contributed by atoms with E-state index in [0.29, 0.717) is 0 Å². The zero-order valence-corrected chi connectivity index (χ0v) is 11.9. The van der Waals surface area contributed by atoms with Crippen LogP contribution in [-0.4, -0.2) is 18.6 Å². The summed E-state index contributed by atoms with van der Waals surface area (Å²) < 4.78 is 26.7. The third-order valence-electron chi connectivity index (χ3n) is 2.73.